The molecular formula is C11H10N2S. The van der Waals surface area contributed by atoms with Crippen molar-refractivity contribution < 1.29 is 0 Å². The second-order valence-electron chi connectivity index (χ2n) is 3.37. The fourth-order valence-corrected chi connectivity index (χ4v) is 2.64. The van der Waals surface area contributed by atoms with Gasteiger partial charge >= 0.3 is 0 Å². The molecule has 0 bridgehead atoms. The molecule has 0 saturated carbocycles. The molecule has 0 N–H and O–H groups in total. The number of rotatable bonds is 1. The summed E-state index contributed by atoms with van der Waals surface area (Å²) in [6.07, 6.45) is 0.415. The number of nitrogens with zero attached hydrogens (tertiary/aromatic N) is 2. The number of aryl methyl sites for hydroxylation is 2. The van der Waals surface area contributed by atoms with Gasteiger partial charge in [-0.1, -0.05) is 6.07 Å². The van der Waals surface area contributed by atoms with Crippen LogP contribution in [-0.2, 0) is 6.42 Å². The van der Waals surface area contributed by atoms with Crippen molar-refractivity contribution in [1.82, 2.24) is 4.98 Å². The largest absolute Gasteiger partial charge is 0.240 e. The van der Waals surface area contributed by atoms with Gasteiger partial charge in [0.1, 0.15) is 5.01 Å². The van der Waals surface area contributed by atoms with Crippen molar-refractivity contribution in [2.75, 3.05) is 0 Å². The molecule has 0 atom stereocenters. The van der Waals surface area contributed by atoms with Gasteiger partial charge in [-0.2, -0.15) is 5.26 Å². The average molecular weight is 202 g/mol. The fraction of sp³-hybridized carbons (Fsp3) is 0.273. The van der Waals surface area contributed by atoms with Gasteiger partial charge in [-0.3, -0.25) is 0 Å². The van der Waals surface area contributed by atoms with Crippen LogP contribution in [0.4, 0.5) is 0 Å². The molecule has 1 heterocycles. The van der Waals surface area contributed by atoms with Crippen LogP contribution in [0.1, 0.15) is 16.1 Å². The number of aromatic nitrogens is 1. The summed E-state index contributed by atoms with van der Waals surface area (Å²) in [5, 5.41) is 9.50. The Hall–Kier alpha value is -1.40. The lowest BCUT2D eigenvalue weighted by Gasteiger charge is -1.95. The first-order valence-electron chi connectivity index (χ1n) is 4.44. The Morgan fingerprint density at radius 2 is 2.21 bits per heavy atom. The highest BCUT2D eigenvalue weighted by Crippen LogP contribution is 2.26. The molecule has 0 fully saturated rings. The summed E-state index contributed by atoms with van der Waals surface area (Å²) in [5.41, 5.74) is 3.49. The molecule has 0 spiro atoms. The van der Waals surface area contributed by atoms with Crippen LogP contribution in [0.15, 0.2) is 12.1 Å². The van der Waals surface area contributed by atoms with Gasteiger partial charge in [0.15, 0.2) is 0 Å². The van der Waals surface area contributed by atoms with E-state index in [0.717, 1.165) is 10.5 Å². The van der Waals surface area contributed by atoms with Gasteiger partial charge in [0.2, 0.25) is 0 Å². The van der Waals surface area contributed by atoms with Crippen molar-refractivity contribution in [3.8, 4) is 6.07 Å². The summed E-state index contributed by atoms with van der Waals surface area (Å²) < 4.78 is 1.19. The summed E-state index contributed by atoms with van der Waals surface area (Å²) in [4.78, 5) is 4.44. The van der Waals surface area contributed by atoms with Crippen molar-refractivity contribution in [2.45, 2.75) is 20.3 Å². The molecule has 0 aliphatic rings. The Bertz CT molecular complexity index is 520. The summed E-state index contributed by atoms with van der Waals surface area (Å²) >= 11 is 1.62. The molecule has 3 heteroatoms. The molecule has 1 aromatic heterocycles. The summed E-state index contributed by atoms with van der Waals surface area (Å²) in [5.74, 6) is 0. The predicted octanol–water partition coefficient (Wildman–Crippen LogP) is 2.98. The lowest BCUT2D eigenvalue weighted by molar-refractivity contribution is 1.20. The zero-order valence-electron chi connectivity index (χ0n) is 8.16. The molecule has 0 radical (unpaired) electrons. The third kappa shape index (κ3) is 1.49. The monoisotopic (exact) mass is 202 g/mol. The highest BCUT2D eigenvalue weighted by Gasteiger charge is 2.06. The Morgan fingerprint density at radius 3 is 2.93 bits per heavy atom. The van der Waals surface area contributed by atoms with Gasteiger partial charge in [0.25, 0.3) is 0 Å². The molecule has 0 aliphatic heterocycles. The van der Waals surface area contributed by atoms with Crippen molar-refractivity contribution in [3.05, 3.63) is 28.3 Å². The Morgan fingerprint density at radius 1 is 1.43 bits per heavy atom. The molecule has 2 aromatic rings. The van der Waals surface area contributed by atoms with Crippen molar-refractivity contribution >= 4 is 21.6 Å². The first-order chi connectivity index (χ1) is 6.70. The first-order valence-corrected chi connectivity index (χ1v) is 5.26. The summed E-state index contributed by atoms with van der Waals surface area (Å²) in [7, 11) is 0. The molecule has 0 saturated heterocycles. The van der Waals surface area contributed by atoms with Gasteiger partial charge in [0, 0.05) is 0 Å². The second kappa shape index (κ2) is 3.39. The van der Waals surface area contributed by atoms with Gasteiger partial charge in [0.05, 0.1) is 22.7 Å². The molecule has 2 nitrogen and oxygen atoms in total. The molecule has 1 aromatic carbocycles. The van der Waals surface area contributed by atoms with Gasteiger partial charge < -0.3 is 0 Å². The number of thiazole rings is 1. The molecule has 14 heavy (non-hydrogen) atoms. The van der Waals surface area contributed by atoms with Crippen molar-refractivity contribution in [3.63, 3.8) is 0 Å². The third-order valence-electron chi connectivity index (χ3n) is 2.10. The maximum atomic E-state index is 8.59. The number of fused-ring (bicyclic) bond motifs is 1. The van der Waals surface area contributed by atoms with E-state index < -0.39 is 0 Å². The Balaban J connectivity index is 2.66. The van der Waals surface area contributed by atoms with E-state index in [4.69, 9.17) is 5.26 Å². The van der Waals surface area contributed by atoms with Gasteiger partial charge in [-0.05, 0) is 31.0 Å². The summed E-state index contributed by atoms with van der Waals surface area (Å²) in [6, 6.07) is 6.38. The van der Waals surface area contributed by atoms with Crippen LogP contribution >= 0.6 is 11.3 Å². The van der Waals surface area contributed by atoms with E-state index in [1.165, 1.54) is 15.8 Å². The second-order valence-corrected chi connectivity index (χ2v) is 4.49. The number of hydrogen-bond acceptors (Lipinski definition) is 3. The van der Waals surface area contributed by atoms with Gasteiger partial charge in [-0.15, -0.1) is 11.3 Å². The van der Waals surface area contributed by atoms with Crippen LogP contribution in [0.25, 0.3) is 10.2 Å². The van der Waals surface area contributed by atoms with E-state index >= 15 is 0 Å². The topological polar surface area (TPSA) is 36.7 Å². The quantitative estimate of drug-likeness (QED) is 0.712. The van der Waals surface area contributed by atoms with Crippen LogP contribution in [0.2, 0.25) is 0 Å². The van der Waals surface area contributed by atoms with Crippen LogP contribution in [0, 0.1) is 25.2 Å². The molecular weight excluding hydrogens is 192 g/mol. The van der Waals surface area contributed by atoms with Crippen molar-refractivity contribution in [1.29, 1.82) is 5.26 Å². The highest BCUT2D eigenvalue weighted by atomic mass is 32.1. The van der Waals surface area contributed by atoms with Crippen LogP contribution < -0.4 is 0 Å². The SMILES string of the molecule is Cc1cc(C)c2nc(CC#N)sc2c1. The third-order valence-corrected chi connectivity index (χ3v) is 3.11. The Kier molecular flexibility index (Phi) is 2.22. The molecule has 0 amide bonds. The lowest BCUT2D eigenvalue weighted by atomic mass is 10.1. The van der Waals surface area contributed by atoms with E-state index in [1.54, 1.807) is 11.3 Å². The molecule has 0 unspecified atom stereocenters. The Labute approximate surface area is 86.8 Å². The van der Waals surface area contributed by atoms with Crippen LogP contribution in [0.5, 0.6) is 0 Å². The van der Waals surface area contributed by atoms with Crippen LogP contribution in [0.3, 0.4) is 0 Å². The van der Waals surface area contributed by atoms with E-state index in [2.05, 4.69) is 37.0 Å². The highest BCUT2D eigenvalue weighted by molar-refractivity contribution is 7.18. The minimum absolute atomic E-state index is 0.415. The normalized spacial score (nSPS) is 10.4. The first kappa shape index (κ1) is 9.17. The van der Waals surface area contributed by atoms with Gasteiger partial charge in [-0.25, -0.2) is 4.98 Å². The fourth-order valence-electron chi connectivity index (χ4n) is 1.56. The minimum atomic E-state index is 0.415. The summed E-state index contributed by atoms with van der Waals surface area (Å²) in [6.45, 7) is 4.14. The predicted molar refractivity (Wildman–Crippen MR) is 58.4 cm³/mol. The number of benzene rings is 1. The number of hydrogen-bond donors (Lipinski definition) is 0. The lowest BCUT2D eigenvalue weighted by Crippen LogP contribution is -1.80. The zero-order chi connectivity index (χ0) is 10.1. The standard InChI is InChI=1S/C11H10N2S/c1-7-5-8(2)11-9(6-7)14-10(13-11)3-4-12/h5-6H,3H2,1-2H3. The maximum absolute atomic E-state index is 8.59. The van der Waals surface area contributed by atoms with E-state index in [1.807, 2.05) is 0 Å². The minimum Gasteiger partial charge on any atom is -0.240 e. The average Bonchev–Trinajstić information content (AvgIpc) is 2.48. The van der Waals surface area contributed by atoms with Crippen LogP contribution in [-0.4, -0.2) is 4.98 Å². The van der Waals surface area contributed by atoms with E-state index in [-0.39, 0.29) is 0 Å². The van der Waals surface area contributed by atoms with E-state index in [0.29, 0.717) is 6.42 Å². The molecule has 70 valence electrons. The van der Waals surface area contributed by atoms with E-state index in [9.17, 15) is 0 Å². The van der Waals surface area contributed by atoms with Crippen molar-refractivity contribution in [2.24, 2.45) is 0 Å². The number of nitriles is 1. The smallest absolute Gasteiger partial charge is 0.108 e. The zero-order valence-corrected chi connectivity index (χ0v) is 8.98. The molecule has 0 aliphatic carbocycles. The molecule has 2 rings (SSSR count). The maximum Gasteiger partial charge on any atom is 0.108 e.